The molecular weight excluding hydrogens is 332 g/mol. The molecule has 0 aromatic rings. The van der Waals surface area contributed by atoms with Gasteiger partial charge in [-0.25, -0.2) is 5.21 Å². The fourth-order valence-corrected chi connectivity index (χ4v) is 3.05. The molecule has 6 nitrogen and oxygen atoms in total. The summed E-state index contributed by atoms with van der Waals surface area (Å²) in [5.41, 5.74) is 0. The molecule has 0 rings (SSSR count). The van der Waals surface area contributed by atoms with Gasteiger partial charge >= 0.3 is 0 Å². The van der Waals surface area contributed by atoms with E-state index < -0.39 is 5.09 Å². The molecule has 0 bridgehead atoms. The van der Waals surface area contributed by atoms with Gasteiger partial charge in [-0.3, -0.25) is 0 Å². The predicted octanol–water partition coefficient (Wildman–Crippen LogP) is 6.37. The highest BCUT2D eigenvalue weighted by Gasteiger charge is 2.08. The van der Waals surface area contributed by atoms with Crippen LogP contribution in [0.3, 0.4) is 0 Å². The number of hydroxylamine groups is 3. The average molecular weight is 378 g/mol. The summed E-state index contributed by atoms with van der Waals surface area (Å²) in [4.78, 5) is 8.36. The number of hydrogen-bond acceptors (Lipinski definition) is 3. The van der Waals surface area contributed by atoms with E-state index in [1.807, 2.05) is 14.1 Å². The highest BCUT2D eigenvalue weighted by atomic mass is 16.9. The SMILES string of the molecule is CCCCCCCCCCCCCCCCCC[N+](C)(C)O.O=[N+]([O-])O. The third-order valence-corrected chi connectivity index (χ3v) is 4.56. The normalized spacial score (nSPS) is 11.1. The largest absolute Gasteiger partial charge is 0.328 e. The van der Waals surface area contributed by atoms with Crippen LogP contribution >= 0.6 is 0 Å². The van der Waals surface area contributed by atoms with Gasteiger partial charge in [-0.05, 0) is 12.8 Å². The van der Waals surface area contributed by atoms with Crippen molar-refractivity contribution in [2.45, 2.75) is 110 Å². The van der Waals surface area contributed by atoms with Gasteiger partial charge in [0.05, 0.1) is 14.1 Å². The van der Waals surface area contributed by atoms with E-state index in [1.54, 1.807) is 0 Å². The summed E-state index contributed by atoms with van der Waals surface area (Å²) in [6, 6.07) is 0. The second-order valence-corrected chi connectivity index (χ2v) is 7.89. The van der Waals surface area contributed by atoms with Crippen LogP contribution in [-0.2, 0) is 0 Å². The van der Waals surface area contributed by atoms with Gasteiger partial charge in [0.2, 0.25) is 0 Å². The fraction of sp³-hybridized carbons (Fsp3) is 1.00. The van der Waals surface area contributed by atoms with E-state index in [1.165, 1.54) is 96.3 Å². The molecule has 0 unspecified atom stereocenters. The van der Waals surface area contributed by atoms with Crippen molar-refractivity contribution in [3.8, 4) is 0 Å². The van der Waals surface area contributed by atoms with Crippen molar-refractivity contribution < 1.29 is 20.1 Å². The Hall–Kier alpha value is -0.880. The van der Waals surface area contributed by atoms with Crippen LogP contribution in [0, 0.1) is 10.1 Å². The smallest absolute Gasteiger partial charge is 0.291 e. The summed E-state index contributed by atoms with van der Waals surface area (Å²) in [6.07, 6.45) is 22.4. The summed E-state index contributed by atoms with van der Waals surface area (Å²) >= 11 is 0. The Morgan fingerprint density at radius 3 is 1.15 bits per heavy atom. The zero-order valence-corrected chi connectivity index (χ0v) is 17.6. The molecule has 6 heteroatoms. The molecular formula is C20H45N2O4+. The van der Waals surface area contributed by atoms with Gasteiger partial charge in [-0.15, -0.1) is 10.1 Å². The first kappa shape index (κ1) is 27.3. The maximum Gasteiger partial charge on any atom is 0.291 e. The van der Waals surface area contributed by atoms with Crippen LogP contribution in [0.25, 0.3) is 0 Å². The zero-order valence-electron chi connectivity index (χ0n) is 17.6. The monoisotopic (exact) mass is 377 g/mol. The van der Waals surface area contributed by atoms with Gasteiger partial charge in [-0.1, -0.05) is 96.8 Å². The Morgan fingerprint density at radius 2 is 0.923 bits per heavy atom. The van der Waals surface area contributed by atoms with Crippen LogP contribution in [0.5, 0.6) is 0 Å². The summed E-state index contributed by atoms with van der Waals surface area (Å²) in [6.45, 7) is 3.17. The number of unbranched alkanes of at least 4 members (excludes halogenated alkanes) is 15. The van der Waals surface area contributed by atoms with Gasteiger partial charge in [-0.2, -0.15) is 4.65 Å². The lowest BCUT2D eigenvalue weighted by molar-refractivity contribution is -1.07. The number of nitrogens with zero attached hydrogens (tertiary/aromatic N) is 2. The van der Waals surface area contributed by atoms with E-state index >= 15 is 0 Å². The minimum absolute atomic E-state index is 0.124. The van der Waals surface area contributed by atoms with E-state index in [0.29, 0.717) is 0 Å². The molecule has 0 saturated heterocycles. The Morgan fingerprint density at radius 1 is 0.692 bits per heavy atom. The first-order valence-corrected chi connectivity index (χ1v) is 10.7. The van der Waals surface area contributed by atoms with Crippen LogP contribution < -0.4 is 0 Å². The van der Waals surface area contributed by atoms with Crippen molar-refractivity contribution in [3.63, 3.8) is 0 Å². The van der Waals surface area contributed by atoms with E-state index in [9.17, 15) is 5.21 Å². The molecule has 0 saturated carbocycles. The van der Waals surface area contributed by atoms with Crippen LogP contribution in [0.1, 0.15) is 110 Å². The molecule has 0 radical (unpaired) electrons. The third-order valence-electron chi connectivity index (χ3n) is 4.56. The van der Waals surface area contributed by atoms with Crippen LogP contribution in [0.15, 0.2) is 0 Å². The molecule has 0 spiro atoms. The van der Waals surface area contributed by atoms with Gasteiger partial charge in [0.15, 0.2) is 0 Å². The number of rotatable bonds is 17. The summed E-state index contributed by atoms with van der Waals surface area (Å²) < 4.78 is 0.124. The van der Waals surface area contributed by atoms with Gasteiger partial charge < -0.3 is 5.21 Å². The standard InChI is InChI=1S/C20H44NO.HNO3/c1-4-5-6-7-8-9-10-11-12-13-14-15-16-17-18-19-20-21(2,3)22;2-1(3)4/h22H,4-20H2,1-3H3;(H,2,3,4)/q+1;. The van der Waals surface area contributed by atoms with Crippen molar-refractivity contribution in [2.24, 2.45) is 0 Å². The Kier molecular flexibility index (Phi) is 21.5. The van der Waals surface area contributed by atoms with Crippen LogP contribution in [0.4, 0.5) is 0 Å². The van der Waals surface area contributed by atoms with Crippen molar-refractivity contribution in [1.29, 1.82) is 0 Å². The predicted molar refractivity (Wildman–Crippen MR) is 107 cm³/mol. The van der Waals surface area contributed by atoms with Crippen molar-refractivity contribution in [2.75, 3.05) is 20.6 Å². The topological polar surface area (TPSA) is 83.6 Å². The second-order valence-electron chi connectivity index (χ2n) is 7.89. The van der Waals surface area contributed by atoms with Crippen LogP contribution in [0.2, 0.25) is 0 Å². The lowest BCUT2D eigenvalue weighted by Gasteiger charge is -2.18. The number of hydrogen-bond donors (Lipinski definition) is 2. The molecule has 0 amide bonds. The molecule has 0 aliphatic rings. The van der Waals surface area contributed by atoms with E-state index in [4.69, 9.17) is 15.3 Å². The van der Waals surface area contributed by atoms with Gasteiger partial charge in [0.1, 0.15) is 6.54 Å². The van der Waals surface area contributed by atoms with Crippen molar-refractivity contribution in [1.82, 2.24) is 0 Å². The van der Waals surface area contributed by atoms with E-state index in [0.717, 1.165) is 13.0 Å². The summed E-state index contributed by atoms with van der Waals surface area (Å²) in [5, 5.41) is 23.2. The summed E-state index contributed by atoms with van der Waals surface area (Å²) in [7, 11) is 3.70. The maximum absolute atomic E-state index is 9.57. The Balaban J connectivity index is 0. The molecule has 158 valence electrons. The fourth-order valence-electron chi connectivity index (χ4n) is 3.05. The Labute approximate surface area is 161 Å². The summed E-state index contributed by atoms with van der Waals surface area (Å²) in [5.74, 6) is 0. The first-order chi connectivity index (χ1) is 12.3. The van der Waals surface area contributed by atoms with Crippen molar-refractivity contribution in [3.05, 3.63) is 10.1 Å². The lowest BCUT2D eigenvalue weighted by Crippen LogP contribution is -2.36. The second kappa shape index (κ2) is 20.4. The van der Waals surface area contributed by atoms with E-state index in [-0.39, 0.29) is 4.65 Å². The molecule has 0 aliphatic heterocycles. The lowest BCUT2D eigenvalue weighted by atomic mass is 10.0. The van der Waals surface area contributed by atoms with Crippen molar-refractivity contribution >= 4 is 0 Å². The molecule has 0 aromatic carbocycles. The molecule has 26 heavy (non-hydrogen) atoms. The van der Waals surface area contributed by atoms with E-state index in [2.05, 4.69) is 6.92 Å². The van der Waals surface area contributed by atoms with Gasteiger partial charge in [0, 0.05) is 0 Å². The molecule has 0 aromatic heterocycles. The van der Waals surface area contributed by atoms with Gasteiger partial charge in [0.25, 0.3) is 5.09 Å². The zero-order chi connectivity index (χ0) is 20.1. The van der Waals surface area contributed by atoms with Crippen LogP contribution in [-0.4, -0.2) is 40.8 Å². The minimum atomic E-state index is -1.50. The highest BCUT2D eigenvalue weighted by Crippen LogP contribution is 2.13. The molecule has 0 atom stereocenters. The quantitative estimate of drug-likeness (QED) is 0.134. The molecule has 0 heterocycles. The molecule has 0 aliphatic carbocycles. The molecule has 2 N–H and O–H groups in total. The third kappa shape index (κ3) is 34.5. The average Bonchev–Trinajstić information content (AvgIpc) is 2.53. The maximum atomic E-state index is 9.57. The number of quaternary nitrogens is 1. The molecule has 0 fully saturated rings. The highest BCUT2D eigenvalue weighted by molar-refractivity contribution is 4.49. The first-order valence-electron chi connectivity index (χ1n) is 10.7. The minimum Gasteiger partial charge on any atom is -0.328 e. The Bertz CT molecular complexity index is 290.